The zero-order valence-corrected chi connectivity index (χ0v) is 14.2. The Kier molecular flexibility index (Phi) is 4.55. The number of hydrogen-bond acceptors (Lipinski definition) is 3. The molecule has 0 saturated carbocycles. The number of aromatic nitrogens is 1. The second-order valence-electron chi connectivity index (χ2n) is 5.06. The molecule has 0 atom stereocenters. The van der Waals surface area contributed by atoms with Crippen molar-refractivity contribution in [3.63, 3.8) is 0 Å². The van der Waals surface area contributed by atoms with Crippen LogP contribution in [0.15, 0.2) is 52.7 Å². The van der Waals surface area contributed by atoms with Gasteiger partial charge in [0.1, 0.15) is 0 Å². The second kappa shape index (κ2) is 6.63. The normalized spacial score (nSPS) is 11.5. The van der Waals surface area contributed by atoms with Crippen molar-refractivity contribution in [1.82, 2.24) is 4.57 Å². The van der Waals surface area contributed by atoms with Gasteiger partial charge in [0.15, 0.2) is 5.69 Å². The van der Waals surface area contributed by atoms with Crippen molar-refractivity contribution >= 4 is 45.7 Å². The van der Waals surface area contributed by atoms with E-state index in [4.69, 9.17) is 23.2 Å². The lowest BCUT2D eigenvalue weighted by atomic mass is 10.2. The number of azo groups is 1. The molecule has 2 aromatic carbocycles. The molecule has 0 aliphatic heterocycles. The molecule has 24 heavy (non-hydrogen) atoms. The fraction of sp³-hybridized carbons (Fsp3) is 0.118. The molecule has 1 N–H and O–H groups in total. The van der Waals surface area contributed by atoms with E-state index in [0.717, 1.165) is 10.9 Å². The van der Waals surface area contributed by atoms with E-state index in [1.54, 1.807) is 10.6 Å². The molecule has 5 nitrogen and oxygen atoms in total. The van der Waals surface area contributed by atoms with Crippen LogP contribution in [0.25, 0.3) is 10.9 Å². The number of benzene rings is 2. The molecule has 1 aromatic heterocycles. The van der Waals surface area contributed by atoms with Crippen LogP contribution in [0.5, 0.6) is 5.88 Å². The Hall–Kier alpha value is -2.37. The number of amides is 1. The number of aryl methyl sites for hydroxylation is 1. The van der Waals surface area contributed by atoms with Gasteiger partial charge in [0.2, 0.25) is 5.88 Å². The summed E-state index contributed by atoms with van der Waals surface area (Å²) in [5.74, 6) is -0.637. The SMILES string of the molecule is CCn1c(O)c(N=NC(=O)c2ccc(Cl)cc2Cl)c2ccccc21. The standard InChI is InChI=1S/C17H13Cl2N3O2/c1-2-22-14-6-4-3-5-12(14)15(17(22)24)20-21-16(23)11-8-7-10(18)9-13(11)19/h3-9,24H,2H2,1H3. The number of halogens is 2. The predicted octanol–water partition coefficient (Wildman–Crippen LogP) is 5.60. The first-order valence-electron chi connectivity index (χ1n) is 7.24. The summed E-state index contributed by atoms with van der Waals surface area (Å²) in [6.07, 6.45) is 0. The zero-order chi connectivity index (χ0) is 17.3. The minimum absolute atomic E-state index is 0.0301. The van der Waals surface area contributed by atoms with Gasteiger partial charge in [0, 0.05) is 17.0 Å². The number of fused-ring (bicyclic) bond motifs is 1. The number of nitrogens with zero attached hydrogens (tertiary/aromatic N) is 3. The van der Waals surface area contributed by atoms with Crippen molar-refractivity contribution in [2.75, 3.05) is 0 Å². The molecule has 1 heterocycles. The van der Waals surface area contributed by atoms with Gasteiger partial charge in [-0.05, 0) is 31.2 Å². The molecule has 0 spiro atoms. The Morgan fingerprint density at radius 2 is 1.96 bits per heavy atom. The summed E-state index contributed by atoms with van der Waals surface area (Å²) in [5.41, 5.74) is 1.28. The van der Waals surface area contributed by atoms with Gasteiger partial charge in [-0.2, -0.15) is 0 Å². The third-order valence-electron chi connectivity index (χ3n) is 3.64. The van der Waals surface area contributed by atoms with Crippen LogP contribution in [0.4, 0.5) is 5.69 Å². The van der Waals surface area contributed by atoms with Gasteiger partial charge in [-0.25, -0.2) is 0 Å². The number of hydrogen-bond donors (Lipinski definition) is 1. The number of carbonyl (C=O) groups excluding carboxylic acids is 1. The van der Waals surface area contributed by atoms with E-state index in [0.29, 0.717) is 11.6 Å². The maximum atomic E-state index is 12.2. The topological polar surface area (TPSA) is 66.9 Å². The van der Waals surface area contributed by atoms with Gasteiger partial charge in [-0.3, -0.25) is 4.79 Å². The number of para-hydroxylation sites is 1. The minimum atomic E-state index is -0.607. The highest BCUT2D eigenvalue weighted by Crippen LogP contribution is 2.38. The molecule has 0 aliphatic rings. The molecule has 7 heteroatoms. The molecule has 0 unspecified atom stereocenters. The van der Waals surface area contributed by atoms with Gasteiger partial charge in [-0.1, -0.05) is 41.4 Å². The first-order valence-corrected chi connectivity index (χ1v) is 7.99. The van der Waals surface area contributed by atoms with Crippen molar-refractivity contribution in [3.8, 4) is 5.88 Å². The zero-order valence-electron chi connectivity index (χ0n) is 12.7. The lowest BCUT2D eigenvalue weighted by molar-refractivity contribution is 0.0995. The van der Waals surface area contributed by atoms with Crippen LogP contribution >= 0.6 is 23.2 Å². The molecular weight excluding hydrogens is 349 g/mol. The maximum Gasteiger partial charge on any atom is 0.296 e. The van der Waals surface area contributed by atoms with Gasteiger partial charge >= 0.3 is 0 Å². The monoisotopic (exact) mass is 361 g/mol. The molecule has 1 amide bonds. The summed E-state index contributed by atoms with van der Waals surface area (Å²) in [6.45, 7) is 2.48. The van der Waals surface area contributed by atoms with Crippen LogP contribution in [-0.4, -0.2) is 15.6 Å². The average Bonchev–Trinajstić information content (AvgIpc) is 2.83. The Labute approximate surface area is 148 Å². The number of rotatable bonds is 3. The third kappa shape index (κ3) is 2.88. The number of aromatic hydroxyl groups is 1. The molecule has 3 rings (SSSR count). The van der Waals surface area contributed by atoms with E-state index in [1.165, 1.54) is 12.1 Å². The molecule has 0 saturated heterocycles. The molecule has 0 aliphatic carbocycles. The smallest absolute Gasteiger partial charge is 0.296 e. The van der Waals surface area contributed by atoms with Crippen molar-refractivity contribution in [2.45, 2.75) is 13.5 Å². The molecular formula is C17H13Cl2N3O2. The Balaban J connectivity index is 2.02. The average molecular weight is 362 g/mol. The molecule has 3 aromatic rings. The lowest BCUT2D eigenvalue weighted by Crippen LogP contribution is -1.94. The Bertz CT molecular complexity index is 964. The van der Waals surface area contributed by atoms with Crippen molar-refractivity contribution in [2.24, 2.45) is 10.2 Å². The highest BCUT2D eigenvalue weighted by molar-refractivity contribution is 6.36. The van der Waals surface area contributed by atoms with Crippen molar-refractivity contribution in [3.05, 3.63) is 58.1 Å². The van der Waals surface area contributed by atoms with Crippen molar-refractivity contribution < 1.29 is 9.90 Å². The van der Waals surface area contributed by atoms with E-state index >= 15 is 0 Å². The van der Waals surface area contributed by atoms with Crippen LogP contribution in [0, 0.1) is 0 Å². The molecule has 0 bridgehead atoms. The van der Waals surface area contributed by atoms with E-state index in [1.807, 2.05) is 31.2 Å². The summed E-state index contributed by atoms with van der Waals surface area (Å²) in [7, 11) is 0. The Morgan fingerprint density at radius 1 is 1.21 bits per heavy atom. The highest BCUT2D eigenvalue weighted by Gasteiger charge is 2.16. The Morgan fingerprint density at radius 3 is 2.67 bits per heavy atom. The van der Waals surface area contributed by atoms with E-state index < -0.39 is 5.91 Å². The van der Waals surface area contributed by atoms with Crippen LogP contribution < -0.4 is 0 Å². The van der Waals surface area contributed by atoms with Crippen LogP contribution in [0.1, 0.15) is 17.3 Å². The summed E-state index contributed by atoms with van der Waals surface area (Å²) in [5, 5.41) is 19.3. The van der Waals surface area contributed by atoms with E-state index in [9.17, 15) is 9.90 Å². The molecule has 0 fully saturated rings. The lowest BCUT2D eigenvalue weighted by Gasteiger charge is -2.01. The highest BCUT2D eigenvalue weighted by atomic mass is 35.5. The summed E-state index contributed by atoms with van der Waals surface area (Å²) in [6, 6.07) is 11.9. The summed E-state index contributed by atoms with van der Waals surface area (Å²) in [4.78, 5) is 12.2. The quantitative estimate of drug-likeness (QED) is 0.617. The first kappa shape index (κ1) is 16.5. The van der Waals surface area contributed by atoms with Gasteiger partial charge in [0.05, 0.1) is 16.1 Å². The third-order valence-corrected chi connectivity index (χ3v) is 4.18. The van der Waals surface area contributed by atoms with Crippen LogP contribution in [0.3, 0.4) is 0 Å². The summed E-state index contributed by atoms with van der Waals surface area (Å²) < 4.78 is 1.70. The van der Waals surface area contributed by atoms with Gasteiger partial charge in [-0.15, -0.1) is 10.2 Å². The minimum Gasteiger partial charge on any atom is -0.493 e. The fourth-order valence-electron chi connectivity index (χ4n) is 2.50. The first-order chi connectivity index (χ1) is 11.5. The fourth-order valence-corrected chi connectivity index (χ4v) is 2.99. The molecule has 122 valence electrons. The van der Waals surface area contributed by atoms with Crippen LogP contribution in [-0.2, 0) is 6.54 Å². The second-order valence-corrected chi connectivity index (χ2v) is 5.91. The van der Waals surface area contributed by atoms with Gasteiger partial charge in [0.25, 0.3) is 5.91 Å². The van der Waals surface area contributed by atoms with E-state index in [-0.39, 0.29) is 22.2 Å². The van der Waals surface area contributed by atoms with Gasteiger partial charge < -0.3 is 9.67 Å². The largest absolute Gasteiger partial charge is 0.493 e. The van der Waals surface area contributed by atoms with Crippen molar-refractivity contribution in [1.29, 1.82) is 0 Å². The van der Waals surface area contributed by atoms with E-state index in [2.05, 4.69) is 10.2 Å². The predicted molar refractivity (Wildman–Crippen MR) is 94.6 cm³/mol. The maximum absolute atomic E-state index is 12.2. The summed E-state index contributed by atoms with van der Waals surface area (Å²) >= 11 is 11.8. The number of carbonyl (C=O) groups is 1. The molecule has 0 radical (unpaired) electrons. The van der Waals surface area contributed by atoms with Crippen LogP contribution in [0.2, 0.25) is 10.0 Å².